The number of hydrogen-bond donors (Lipinski definition) is 0. The molecule has 0 unspecified atom stereocenters. The van der Waals surface area contributed by atoms with E-state index in [-0.39, 0.29) is 0 Å². The Bertz CT molecular complexity index is 830. The molecule has 3 aromatic heterocycles. The molecule has 3 heterocycles. The molecule has 0 spiro atoms. The van der Waals surface area contributed by atoms with Crippen LogP contribution < -0.4 is 0 Å². The predicted octanol–water partition coefficient (Wildman–Crippen LogP) is 2.92. The summed E-state index contributed by atoms with van der Waals surface area (Å²) < 4.78 is 4.06. The number of nitrogens with zero attached hydrogens (tertiary/aromatic N) is 6. The van der Waals surface area contributed by atoms with Crippen LogP contribution in [0.1, 0.15) is 60.3 Å². The molecule has 0 atom stereocenters. The zero-order valence-corrected chi connectivity index (χ0v) is 14.7. The molecule has 1 saturated carbocycles. The molecule has 4 rings (SSSR count). The summed E-state index contributed by atoms with van der Waals surface area (Å²) in [5.41, 5.74) is 4.05. The van der Waals surface area contributed by atoms with Gasteiger partial charge >= 0.3 is 0 Å². The van der Waals surface area contributed by atoms with Gasteiger partial charge in [-0.1, -0.05) is 12.8 Å². The maximum atomic E-state index is 4.88. The van der Waals surface area contributed by atoms with E-state index in [1.54, 1.807) is 0 Å². The molecule has 126 valence electrons. The van der Waals surface area contributed by atoms with Crippen molar-refractivity contribution in [2.75, 3.05) is 0 Å². The maximum Gasteiger partial charge on any atom is 0.177 e. The second-order valence-corrected chi connectivity index (χ2v) is 6.92. The van der Waals surface area contributed by atoms with Crippen molar-refractivity contribution in [3.05, 3.63) is 41.1 Å². The van der Waals surface area contributed by atoms with Crippen molar-refractivity contribution in [3.63, 3.8) is 0 Å². The average Bonchev–Trinajstić information content (AvgIpc) is 3.28. The molecule has 0 bridgehead atoms. The third kappa shape index (κ3) is 2.70. The Morgan fingerprint density at radius 2 is 1.92 bits per heavy atom. The first kappa shape index (κ1) is 15.3. The Labute approximate surface area is 142 Å². The van der Waals surface area contributed by atoms with E-state index >= 15 is 0 Å². The van der Waals surface area contributed by atoms with Gasteiger partial charge in [-0.3, -0.25) is 4.98 Å². The lowest BCUT2D eigenvalue weighted by molar-refractivity contribution is 0.697. The molecule has 0 N–H and O–H groups in total. The molecule has 0 saturated heterocycles. The van der Waals surface area contributed by atoms with E-state index in [9.17, 15) is 0 Å². The van der Waals surface area contributed by atoms with Gasteiger partial charge in [-0.25, -0.2) is 14.5 Å². The highest BCUT2D eigenvalue weighted by molar-refractivity contribution is 5.43. The van der Waals surface area contributed by atoms with E-state index in [0.717, 1.165) is 41.5 Å². The highest BCUT2D eigenvalue weighted by Crippen LogP contribution is 2.33. The lowest BCUT2D eigenvalue weighted by Gasteiger charge is -2.02. The van der Waals surface area contributed by atoms with Gasteiger partial charge in [0.25, 0.3) is 0 Å². The van der Waals surface area contributed by atoms with Gasteiger partial charge in [0.15, 0.2) is 11.5 Å². The molecule has 0 aliphatic heterocycles. The topological polar surface area (TPSA) is 60.9 Å². The highest BCUT2D eigenvalue weighted by Gasteiger charge is 2.20. The van der Waals surface area contributed by atoms with Gasteiger partial charge in [-0.15, -0.1) is 0 Å². The summed E-state index contributed by atoms with van der Waals surface area (Å²) in [4.78, 5) is 13.9. The number of fused-ring (bicyclic) bond motifs is 1. The van der Waals surface area contributed by atoms with Crippen molar-refractivity contribution >= 4 is 5.65 Å². The van der Waals surface area contributed by atoms with Gasteiger partial charge in [0.1, 0.15) is 5.82 Å². The smallest absolute Gasteiger partial charge is 0.177 e. The fraction of sp³-hybridized carbons (Fsp3) is 0.556. The van der Waals surface area contributed by atoms with Gasteiger partial charge in [0.2, 0.25) is 0 Å². The summed E-state index contributed by atoms with van der Waals surface area (Å²) in [6.45, 7) is 3.98. The molecule has 6 heteroatoms. The molecule has 0 aromatic carbocycles. The van der Waals surface area contributed by atoms with Crippen LogP contribution in [0.4, 0.5) is 0 Å². The van der Waals surface area contributed by atoms with Gasteiger partial charge < -0.3 is 4.57 Å². The average molecular weight is 324 g/mol. The predicted molar refractivity (Wildman–Crippen MR) is 92.1 cm³/mol. The van der Waals surface area contributed by atoms with Crippen LogP contribution in [0.3, 0.4) is 0 Å². The van der Waals surface area contributed by atoms with E-state index < -0.39 is 0 Å². The van der Waals surface area contributed by atoms with Crippen molar-refractivity contribution in [3.8, 4) is 0 Å². The Morgan fingerprint density at radius 3 is 2.67 bits per heavy atom. The first-order chi connectivity index (χ1) is 11.6. The third-order valence-corrected chi connectivity index (χ3v) is 5.09. The van der Waals surface area contributed by atoms with E-state index in [0.29, 0.717) is 5.92 Å². The summed E-state index contributed by atoms with van der Waals surface area (Å²) >= 11 is 0. The lowest BCUT2D eigenvalue weighted by atomic mass is 10.1. The van der Waals surface area contributed by atoms with Crippen LogP contribution in [0.25, 0.3) is 5.65 Å². The molecule has 0 radical (unpaired) electrons. The normalized spacial score (nSPS) is 15.6. The van der Waals surface area contributed by atoms with E-state index in [2.05, 4.69) is 32.9 Å². The number of aryl methyl sites for hydroxylation is 5. The van der Waals surface area contributed by atoms with Gasteiger partial charge in [-0.05, 0) is 26.7 Å². The van der Waals surface area contributed by atoms with Crippen LogP contribution in [0.15, 0.2) is 12.4 Å². The number of rotatable bonds is 4. The Kier molecular flexibility index (Phi) is 3.82. The fourth-order valence-electron chi connectivity index (χ4n) is 3.65. The molecule has 24 heavy (non-hydrogen) atoms. The van der Waals surface area contributed by atoms with Crippen LogP contribution in [-0.4, -0.2) is 29.1 Å². The van der Waals surface area contributed by atoms with E-state index in [1.807, 2.05) is 24.6 Å². The summed E-state index contributed by atoms with van der Waals surface area (Å²) in [7, 11) is 2.09. The molecule has 3 aromatic rings. The van der Waals surface area contributed by atoms with Crippen LogP contribution in [0, 0.1) is 13.8 Å². The summed E-state index contributed by atoms with van der Waals surface area (Å²) in [6.07, 6.45) is 11.0. The van der Waals surface area contributed by atoms with Crippen LogP contribution in [0.2, 0.25) is 0 Å². The van der Waals surface area contributed by atoms with Gasteiger partial charge in [0, 0.05) is 38.2 Å². The minimum atomic E-state index is 0.662. The van der Waals surface area contributed by atoms with Gasteiger partial charge in [0.05, 0.1) is 17.1 Å². The molecule has 0 amide bonds. The lowest BCUT2D eigenvalue weighted by Crippen LogP contribution is -2.02. The van der Waals surface area contributed by atoms with Crippen LogP contribution in [0.5, 0.6) is 0 Å². The fourth-order valence-corrected chi connectivity index (χ4v) is 3.65. The first-order valence-electron chi connectivity index (χ1n) is 8.82. The second kappa shape index (κ2) is 6.00. The largest absolute Gasteiger partial charge is 0.338 e. The number of aromatic nitrogens is 6. The summed E-state index contributed by atoms with van der Waals surface area (Å²) in [5, 5.41) is 4.63. The SMILES string of the molecule is Cc1ncc(C)n2nc(CCc3nc(C4CCCC4)cn3C)nc12. The Balaban J connectivity index is 1.53. The van der Waals surface area contributed by atoms with E-state index in [4.69, 9.17) is 4.98 Å². The van der Waals surface area contributed by atoms with Crippen LogP contribution >= 0.6 is 0 Å². The van der Waals surface area contributed by atoms with Crippen molar-refractivity contribution in [1.29, 1.82) is 0 Å². The van der Waals surface area contributed by atoms with Crippen molar-refractivity contribution < 1.29 is 0 Å². The quantitative estimate of drug-likeness (QED) is 0.740. The summed E-state index contributed by atoms with van der Waals surface area (Å²) in [6, 6.07) is 0. The third-order valence-electron chi connectivity index (χ3n) is 5.09. The van der Waals surface area contributed by atoms with Crippen molar-refractivity contribution in [1.82, 2.24) is 29.1 Å². The highest BCUT2D eigenvalue weighted by atomic mass is 15.3. The first-order valence-corrected chi connectivity index (χ1v) is 8.82. The number of imidazole rings is 1. The van der Waals surface area contributed by atoms with Crippen molar-refractivity contribution in [2.24, 2.45) is 7.05 Å². The zero-order chi connectivity index (χ0) is 16.7. The second-order valence-electron chi connectivity index (χ2n) is 6.92. The standard InChI is InChI=1S/C18H24N6/c1-12-10-19-13(2)18-21-16(22-24(12)18)8-9-17-20-15(11-23(17)3)14-6-4-5-7-14/h10-11,14H,4-9H2,1-3H3. The monoisotopic (exact) mass is 324 g/mol. The summed E-state index contributed by atoms with van der Waals surface area (Å²) in [5.74, 6) is 2.65. The molecule has 1 fully saturated rings. The maximum absolute atomic E-state index is 4.88. The minimum Gasteiger partial charge on any atom is -0.338 e. The minimum absolute atomic E-state index is 0.662. The molecular formula is C18H24N6. The Hall–Kier alpha value is -2.24. The van der Waals surface area contributed by atoms with Crippen LogP contribution in [-0.2, 0) is 19.9 Å². The molecule has 1 aliphatic rings. The zero-order valence-electron chi connectivity index (χ0n) is 14.7. The number of hydrogen-bond acceptors (Lipinski definition) is 4. The van der Waals surface area contributed by atoms with E-state index in [1.165, 1.54) is 31.4 Å². The van der Waals surface area contributed by atoms with Crippen molar-refractivity contribution in [2.45, 2.75) is 58.3 Å². The molecule has 1 aliphatic carbocycles. The Morgan fingerprint density at radius 1 is 1.12 bits per heavy atom. The van der Waals surface area contributed by atoms with Gasteiger partial charge in [-0.2, -0.15) is 5.10 Å². The molecule has 6 nitrogen and oxygen atoms in total. The molecular weight excluding hydrogens is 300 g/mol.